The number of fused-ring (bicyclic) bond motifs is 1. The second kappa shape index (κ2) is 12.2. The number of imidazole rings is 1. The van der Waals surface area contributed by atoms with Gasteiger partial charge in [0.15, 0.2) is 0 Å². The van der Waals surface area contributed by atoms with Gasteiger partial charge in [-0.1, -0.05) is 57.2 Å². The van der Waals surface area contributed by atoms with Crippen LogP contribution in [-0.2, 0) is 23.2 Å². The van der Waals surface area contributed by atoms with E-state index in [9.17, 15) is 4.79 Å². The van der Waals surface area contributed by atoms with Crippen molar-refractivity contribution in [2.45, 2.75) is 65.0 Å². The zero-order chi connectivity index (χ0) is 27.1. The van der Waals surface area contributed by atoms with Gasteiger partial charge < -0.3 is 19.4 Å². The highest BCUT2D eigenvalue weighted by molar-refractivity contribution is 5.79. The Kier molecular flexibility index (Phi) is 8.72. The second-order valence-corrected chi connectivity index (χ2v) is 10.8. The summed E-state index contributed by atoms with van der Waals surface area (Å²) in [5.41, 5.74) is 4.40. The van der Waals surface area contributed by atoms with Gasteiger partial charge in [0, 0.05) is 6.54 Å². The monoisotopic (exact) mass is 513 g/mol. The molecule has 6 heteroatoms. The normalized spacial score (nSPS) is 12.3. The highest BCUT2D eigenvalue weighted by Gasteiger charge is 2.18. The van der Waals surface area contributed by atoms with E-state index in [0.29, 0.717) is 13.0 Å². The SMILES string of the molecule is COc1ccc(CC(=O)NC(C)c2nc3ccccc3n2CCCCOc2ccc(C(C)(C)C)cc2)cc1. The summed E-state index contributed by atoms with van der Waals surface area (Å²) in [6.45, 7) is 10.1. The van der Waals surface area contributed by atoms with Crippen LogP contribution >= 0.6 is 0 Å². The molecule has 0 fully saturated rings. The van der Waals surface area contributed by atoms with Gasteiger partial charge in [-0.05, 0) is 72.7 Å². The number of unbranched alkanes of at least 4 members (excludes halogenated alkanes) is 1. The van der Waals surface area contributed by atoms with E-state index in [2.05, 4.69) is 61.0 Å². The van der Waals surface area contributed by atoms with Gasteiger partial charge in [0.25, 0.3) is 0 Å². The quantitative estimate of drug-likeness (QED) is 0.229. The van der Waals surface area contributed by atoms with E-state index in [-0.39, 0.29) is 17.4 Å². The minimum atomic E-state index is -0.217. The lowest BCUT2D eigenvalue weighted by molar-refractivity contribution is -0.121. The first-order chi connectivity index (χ1) is 18.2. The van der Waals surface area contributed by atoms with Gasteiger partial charge in [0.1, 0.15) is 17.3 Å². The number of hydrogen-bond acceptors (Lipinski definition) is 4. The molecule has 1 amide bonds. The first-order valence-corrected chi connectivity index (χ1v) is 13.4. The standard InChI is InChI=1S/C32H39N3O3/c1-23(33-30(36)22-24-12-16-26(37-5)17-13-24)31-34-28-10-6-7-11-29(28)35(31)20-8-9-21-38-27-18-14-25(15-19-27)32(2,3)4/h6-7,10-19,23H,8-9,20-22H2,1-5H3,(H,33,36). The Balaban J connectivity index is 1.35. The maximum atomic E-state index is 12.8. The maximum absolute atomic E-state index is 12.8. The lowest BCUT2D eigenvalue weighted by atomic mass is 9.87. The van der Waals surface area contributed by atoms with Crippen LogP contribution in [0.3, 0.4) is 0 Å². The Morgan fingerprint density at radius 3 is 2.32 bits per heavy atom. The van der Waals surface area contributed by atoms with Crippen molar-refractivity contribution < 1.29 is 14.3 Å². The first kappa shape index (κ1) is 27.2. The van der Waals surface area contributed by atoms with Crippen LogP contribution in [0.1, 0.15) is 63.5 Å². The topological polar surface area (TPSA) is 65.4 Å². The van der Waals surface area contributed by atoms with Crippen LogP contribution in [0.2, 0.25) is 0 Å². The lowest BCUT2D eigenvalue weighted by Crippen LogP contribution is -2.30. The number of nitrogens with one attached hydrogen (secondary N) is 1. The number of carbonyl (C=O) groups excluding carboxylic acids is 1. The summed E-state index contributed by atoms with van der Waals surface area (Å²) >= 11 is 0. The number of para-hydroxylation sites is 2. The van der Waals surface area contributed by atoms with E-state index in [1.165, 1.54) is 5.56 Å². The zero-order valence-corrected chi connectivity index (χ0v) is 23.2. The Morgan fingerprint density at radius 1 is 0.947 bits per heavy atom. The van der Waals surface area contributed by atoms with Crippen molar-refractivity contribution in [1.29, 1.82) is 0 Å². The number of aromatic nitrogens is 2. The van der Waals surface area contributed by atoms with Crippen LogP contribution in [0.15, 0.2) is 72.8 Å². The third-order valence-corrected chi connectivity index (χ3v) is 6.74. The number of methoxy groups -OCH3 is 1. The Morgan fingerprint density at radius 2 is 1.63 bits per heavy atom. The summed E-state index contributed by atoms with van der Waals surface area (Å²) in [5, 5.41) is 3.13. The van der Waals surface area contributed by atoms with Crippen molar-refractivity contribution in [1.82, 2.24) is 14.9 Å². The molecule has 0 aliphatic carbocycles. The molecule has 38 heavy (non-hydrogen) atoms. The molecule has 0 bridgehead atoms. The van der Waals surface area contributed by atoms with Crippen molar-refractivity contribution in [2.24, 2.45) is 0 Å². The molecule has 1 N–H and O–H groups in total. The van der Waals surface area contributed by atoms with Gasteiger partial charge in [-0.25, -0.2) is 4.98 Å². The van der Waals surface area contributed by atoms with Crippen LogP contribution in [0.25, 0.3) is 11.0 Å². The minimum absolute atomic E-state index is 0.0350. The number of nitrogens with zero attached hydrogens (tertiary/aromatic N) is 2. The fraction of sp³-hybridized carbons (Fsp3) is 0.375. The molecule has 3 aromatic carbocycles. The minimum Gasteiger partial charge on any atom is -0.497 e. The summed E-state index contributed by atoms with van der Waals surface area (Å²) in [4.78, 5) is 17.7. The molecule has 200 valence electrons. The van der Waals surface area contributed by atoms with Crippen LogP contribution in [-0.4, -0.2) is 29.2 Å². The summed E-state index contributed by atoms with van der Waals surface area (Å²) in [6.07, 6.45) is 2.17. The van der Waals surface area contributed by atoms with Gasteiger partial charge in [-0.2, -0.15) is 0 Å². The molecule has 4 aromatic rings. The molecule has 0 aliphatic rings. The smallest absolute Gasteiger partial charge is 0.224 e. The molecular weight excluding hydrogens is 474 g/mol. The van der Waals surface area contributed by atoms with Crippen molar-refractivity contribution in [3.05, 3.63) is 89.7 Å². The number of benzene rings is 3. The molecule has 0 saturated carbocycles. The third-order valence-electron chi connectivity index (χ3n) is 6.74. The van der Waals surface area contributed by atoms with E-state index in [1.54, 1.807) is 7.11 Å². The average molecular weight is 514 g/mol. The van der Waals surface area contributed by atoms with Gasteiger partial charge in [-0.3, -0.25) is 4.79 Å². The van der Waals surface area contributed by atoms with Crippen molar-refractivity contribution in [3.8, 4) is 11.5 Å². The summed E-state index contributed by atoms with van der Waals surface area (Å²) < 4.78 is 13.4. The number of ether oxygens (including phenoxy) is 2. The Bertz CT molecular complexity index is 1340. The van der Waals surface area contributed by atoms with Gasteiger partial charge in [0.05, 0.1) is 37.2 Å². The van der Waals surface area contributed by atoms with E-state index in [0.717, 1.165) is 53.3 Å². The van der Waals surface area contributed by atoms with Gasteiger partial charge in [0.2, 0.25) is 5.91 Å². The molecular formula is C32H39N3O3. The van der Waals surface area contributed by atoms with Crippen LogP contribution in [0.4, 0.5) is 0 Å². The van der Waals surface area contributed by atoms with Gasteiger partial charge in [-0.15, -0.1) is 0 Å². The van der Waals surface area contributed by atoms with E-state index in [4.69, 9.17) is 14.5 Å². The molecule has 0 radical (unpaired) electrons. The van der Waals surface area contributed by atoms with Crippen LogP contribution in [0, 0.1) is 0 Å². The lowest BCUT2D eigenvalue weighted by Gasteiger charge is -2.19. The van der Waals surface area contributed by atoms with E-state index >= 15 is 0 Å². The number of amides is 1. The summed E-state index contributed by atoms with van der Waals surface area (Å²) in [7, 11) is 1.63. The van der Waals surface area contributed by atoms with E-state index < -0.39 is 0 Å². The molecule has 1 unspecified atom stereocenters. The predicted molar refractivity (Wildman–Crippen MR) is 153 cm³/mol. The molecule has 0 aliphatic heterocycles. The van der Waals surface area contributed by atoms with Crippen molar-refractivity contribution in [2.75, 3.05) is 13.7 Å². The van der Waals surface area contributed by atoms with E-state index in [1.807, 2.05) is 49.4 Å². The Labute approximate surface area is 226 Å². The van der Waals surface area contributed by atoms with Crippen molar-refractivity contribution in [3.63, 3.8) is 0 Å². The fourth-order valence-corrected chi connectivity index (χ4v) is 4.56. The average Bonchev–Trinajstić information content (AvgIpc) is 3.27. The number of aryl methyl sites for hydroxylation is 1. The number of rotatable bonds is 11. The second-order valence-electron chi connectivity index (χ2n) is 10.8. The summed E-state index contributed by atoms with van der Waals surface area (Å²) in [5.74, 6) is 2.51. The molecule has 1 atom stereocenters. The molecule has 4 rings (SSSR count). The van der Waals surface area contributed by atoms with Gasteiger partial charge >= 0.3 is 0 Å². The van der Waals surface area contributed by atoms with Crippen molar-refractivity contribution >= 4 is 16.9 Å². The molecule has 0 saturated heterocycles. The van der Waals surface area contributed by atoms with Crippen LogP contribution < -0.4 is 14.8 Å². The van der Waals surface area contributed by atoms with Crippen LogP contribution in [0.5, 0.6) is 11.5 Å². The largest absolute Gasteiger partial charge is 0.497 e. The zero-order valence-electron chi connectivity index (χ0n) is 23.2. The third kappa shape index (κ3) is 6.94. The molecule has 6 nitrogen and oxygen atoms in total. The number of carbonyl (C=O) groups is 1. The fourth-order valence-electron chi connectivity index (χ4n) is 4.56. The highest BCUT2D eigenvalue weighted by atomic mass is 16.5. The molecule has 1 heterocycles. The summed E-state index contributed by atoms with van der Waals surface area (Å²) in [6, 6.07) is 23.9. The first-order valence-electron chi connectivity index (χ1n) is 13.4. The Hall–Kier alpha value is -3.80. The highest BCUT2D eigenvalue weighted by Crippen LogP contribution is 2.25. The maximum Gasteiger partial charge on any atom is 0.224 e. The number of hydrogen-bond donors (Lipinski definition) is 1. The molecule has 1 aromatic heterocycles. The predicted octanol–water partition coefficient (Wildman–Crippen LogP) is 6.62. The molecule has 0 spiro atoms.